The van der Waals surface area contributed by atoms with Crippen LogP contribution in [0.3, 0.4) is 0 Å². The Morgan fingerprint density at radius 2 is 2.08 bits per heavy atom. The molecule has 136 valence electrons. The Kier molecular flexibility index (Phi) is 3.00. The van der Waals surface area contributed by atoms with Gasteiger partial charge in [-0.3, -0.25) is 4.79 Å². The third-order valence-electron chi connectivity index (χ3n) is 7.23. The summed E-state index contributed by atoms with van der Waals surface area (Å²) in [6, 6.07) is 1.86. The highest BCUT2D eigenvalue weighted by Gasteiger charge is 2.66. The monoisotopic (exact) mass is 354 g/mol. The first kappa shape index (κ1) is 15.9. The number of cyclic esters (lactones) is 2. The molecule has 0 amide bonds. The highest BCUT2D eigenvalue weighted by molar-refractivity contribution is 5.93. The lowest BCUT2D eigenvalue weighted by Gasteiger charge is -2.59. The second-order valence-electron chi connectivity index (χ2n) is 8.61. The summed E-state index contributed by atoms with van der Waals surface area (Å²) in [6.07, 6.45) is 11.5. The number of fused-ring (bicyclic) bond motifs is 2. The Labute approximate surface area is 152 Å². The summed E-state index contributed by atoms with van der Waals surface area (Å²) in [6.45, 7) is 4.54. The van der Waals surface area contributed by atoms with Gasteiger partial charge in [0, 0.05) is 16.6 Å². The Morgan fingerprint density at radius 3 is 2.85 bits per heavy atom. The van der Waals surface area contributed by atoms with Crippen LogP contribution in [-0.2, 0) is 24.7 Å². The Morgan fingerprint density at radius 1 is 1.23 bits per heavy atom. The number of carbonyl (C=O) groups is 2. The molecule has 2 saturated heterocycles. The number of hydrogen-bond acceptors (Lipinski definition) is 5. The summed E-state index contributed by atoms with van der Waals surface area (Å²) in [4.78, 5) is 25.3. The molecule has 5 atom stereocenters. The van der Waals surface area contributed by atoms with Gasteiger partial charge in [0.05, 0.1) is 18.4 Å². The molecule has 1 spiro atoms. The van der Waals surface area contributed by atoms with E-state index in [9.17, 15) is 9.59 Å². The SMILES string of the molecule is CC1(c2ccoc2)CC2(C)C(CCC34COC(=O)C3=CC=CC42)C(=O)O1. The first-order valence-electron chi connectivity index (χ1n) is 9.21. The van der Waals surface area contributed by atoms with Crippen molar-refractivity contribution in [2.45, 2.75) is 38.7 Å². The molecule has 0 bridgehead atoms. The first-order valence-corrected chi connectivity index (χ1v) is 9.21. The number of ether oxygens (including phenoxy) is 2. The Hall–Kier alpha value is -2.30. The largest absolute Gasteiger partial charge is 0.472 e. The molecule has 1 aromatic heterocycles. The Bertz CT molecular complexity index is 850. The molecule has 1 aromatic rings. The molecule has 5 heteroatoms. The van der Waals surface area contributed by atoms with Crippen molar-refractivity contribution in [2.24, 2.45) is 22.7 Å². The number of esters is 2. The van der Waals surface area contributed by atoms with Crippen molar-refractivity contribution in [3.05, 3.63) is 48.0 Å². The second-order valence-corrected chi connectivity index (χ2v) is 8.61. The molecular formula is C21H22O5. The summed E-state index contributed by atoms with van der Waals surface area (Å²) in [5.41, 5.74) is 0.287. The molecule has 2 aliphatic carbocycles. The molecule has 5 unspecified atom stereocenters. The van der Waals surface area contributed by atoms with Crippen LogP contribution in [0.1, 0.15) is 38.7 Å². The van der Waals surface area contributed by atoms with Gasteiger partial charge in [0.1, 0.15) is 12.2 Å². The van der Waals surface area contributed by atoms with E-state index >= 15 is 0 Å². The van der Waals surface area contributed by atoms with Crippen LogP contribution in [0, 0.1) is 22.7 Å². The standard InChI is InChI=1S/C21H22O5/c1-19-11-20(2,13-7-9-24-10-13)26-18(23)14(19)6-8-21-12-25-17(22)15(21)4-3-5-16(19)21/h3-5,7,9-10,14,16H,6,8,11-12H2,1-2H3. The summed E-state index contributed by atoms with van der Waals surface area (Å²) in [5, 5.41) is 0. The molecule has 3 fully saturated rings. The molecule has 0 N–H and O–H groups in total. The topological polar surface area (TPSA) is 65.7 Å². The van der Waals surface area contributed by atoms with Crippen LogP contribution in [0.15, 0.2) is 46.8 Å². The highest BCUT2D eigenvalue weighted by atomic mass is 16.6. The van der Waals surface area contributed by atoms with E-state index in [2.05, 4.69) is 13.0 Å². The fourth-order valence-corrected chi connectivity index (χ4v) is 6.06. The molecule has 1 saturated carbocycles. The molecular weight excluding hydrogens is 332 g/mol. The van der Waals surface area contributed by atoms with Crippen LogP contribution in [0.2, 0.25) is 0 Å². The van der Waals surface area contributed by atoms with E-state index in [0.717, 1.165) is 24.0 Å². The minimum Gasteiger partial charge on any atom is -0.472 e. The van der Waals surface area contributed by atoms with Crippen LogP contribution in [0.5, 0.6) is 0 Å². The van der Waals surface area contributed by atoms with Crippen molar-refractivity contribution < 1.29 is 23.5 Å². The molecule has 5 nitrogen and oxygen atoms in total. The highest BCUT2D eigenvalue weighted by Crippen LogP contribution is 2.65. The number of allylic oxidation sites excluding steroid dienone is 3. The lowest BCUT2D eigenvalue weighted by atomic mass is 9.46. The summed E-state index contributed by atoms with van der Waals surface area (Å²) in [5.74, 6) is -0.457. The average molecular weight is 354 g/mol. The molecule has 5 rings (SSSR count). The van der Waals surface area contributed by atoms with Gasteiger partial charge < -0.3 is 13.9 Å². The van der Waals surface area contributed by atoms with Gasteiger partial charge in [0.15, 0.2) is 0 Å². The van der Waals surface area contributed by atoms with Gasteiger partial charge in [0.2, 0.25) is 0 Å². The fourth-order valence-electron chi connectivity index (χ4n) is 6.06. The van der Waals surface area contributed by atoms with Crippen LogP contribution in [-0.4, -0.2) is 18.5 Å². The van der Waals surface area contributed by atoms with Crippen molar-refractivity contribution in [1.82, 2.24) is 0 Å². The summed E-state index contributed by atoms with van der Waals surface area (Å²) in [7, 11) is 0. The maximum atomic E-state index is 13.0. The quantitative estimate of drug-likeness (QED) is 0.722. The zero-order chi connectivity index (χ0) is 18.2. The minimum absolute atomic E-state index is 0.0688. The van der Waals surface area contributed by atoms with E-state index in [1.54, 1.807) is 12.5 Å². The first-order chi connectivity index (χ1) is 12.4. The molecule has 0 aromatic carbocycles. The van der Waals surface area contributed by atoms with Crippen LogP contribution >= 0.6 is 0 Å². The lowest BCUT2D eigenvalue weighted by molar-refractivity contribution is -0.205. The lowest BCUT2D eigenvalue weighted by Crippen LogP contribution is -2.59. The van der Waals surface area contributed by atoms with Crippen LogP contribution in [0.4, 0.5) is 0 Å². The maximum Gasteiger partial charge on any atom is 0.334 e. The minimum atomic E-state index is -0.730. The summed E-state index contributed by atoms with van der Waals surface area (Å²) >= 11 is 0. The van der Waals surface area contributed by atoms with Crippen molar-refractivity contribution in [2.75, 3.05) is 6.61 Å². The molecule has 4 aliphatic rings. The zero-order valence-electron chi connectivity index (χ0n) is 15.0. The van der Waals surface area contributed by atoms with Gasteiger partial charge in [-0.2, -0.15) is 0 Å². The number of hydrogen-bond donors (Lipinski definition) is 0. The van der Waals surface area contributed by atoms with Crippen LogP contribution in [0.25, 0.3) is 0 Å². The van der Waals surface area contributed by atoms with Gasteiger partial charge >= 0.3 is 11.9 Å². The van der Waals surface area contributed by atoms with Crippen molar-refractivity contribution in [3.8, 4) is 0 Å². The third kappa shape index (κ3) is 1.81. The number of furan rings is 1. The molecule has 0 radical (unpaired) electrons. The van der Waals surface area contributed by atoms with Gasteiger partial charge in [-0.05, 0) is 43.6 Å². The van der Waals surface area contributed by atoms with Gasteiger partial charge in [0.25, 0.3) is 0 Å². The predicted molar refractivity (Wildman–Crippen MR) is 91.7 cm³/mol. The van der Waals surface area contributed by atoms with E-state index in [1.165, 1.54) is 0 Å². The van der Waals surface area contributed by atoms with E-state index in [4.69, 9.17) is 13.9 Å². The van der Waals surface area contributed by atoms with E-state index in [-0.39, 0.29) is 34.6 Å². The van der Waals surface area contributed by atoms with Crippen molar-refractivity contribution in [1.29, 1.82) is 0 Å². The Balaban J connectivity index is 1.62. The van der Waals surface area contributed by atoms with Crippen LogP contribution < -0.4 is 0 Å². The van der Waals surface area contributed by atoms with E-state index in [1.807, 2.05) is 25.1 Å². The maximum absolute atomic E-state index is 13.0. The average Bonchev–Trinajstić information content (AvgIpc) is 3.23. The van der Waals surface area contributed by atoms with Gasteiger partial charge in [-0.15, -0.1) is 0 Å². The zero-order valence-corrected chi connectivity index (χ0v) is 15.0. The van der Waals surface area contributed by atoms with E-state index < -0.39 is 5.60 Å². The van der Waals surface area contributed by atoms with E-state index in [0.29, 0.717) is 13.0 Å². The van der Waals surface area contributed by atoms with Gasteiger partial charge in [-0.1, -0.05) is 25.2 Å². The smallest absolute Gasteiger partial charge is 0.334 e. The number of carbonyl (C=O) groups excluding carboxylic acids is 2. The second kappa shape index (κ2) is 4.90. The normalized spacial score (nSPS) is 43.7. The molecule has 26 heavy (non-hydrogen) atoms. The number of rotatable bonds is 1. The summed E-state index contributed by atoms with van der Waals surface area (Å²) < 4.78 is 16.6. The van der Waals surface area contributed by atoms with Crippen molar-refractivity contribution in [3.63, 3.8) is 0 Å². The van der Waals surface area contributed by atoms with Crippen molar-refractivity contribution >= 4 is 11.9 Å². The predicted octanol–water partition coefficient (Wildman–Crippen LogP) is 3.51. The third-order valence-corrected chi connectivity index (χ3v) is 7.23. The fraction of sp³-hybridized carbons (Fsp3) is 0.524. The molecule has 2 aliphatic heterocycles. The molecule has 3 heterocycles. The van der Waals surface area contributed by atoms with Gasteiger partial charge in [-0.25, -0.2) is 4.79 Å².